The van der Waals surface area contributed by atoms with Crippen LogP contribution in [-0.4, -0.2) is 0 Å². The molecule has 0 radical (unpaired) electrons. The zero-order valence-corrected chi connectivity index (χ0v) is 11.1. The zero-order chi connectivity index (χ0) is 13.8. The highest BCUT2D eigenvalue weighted by Crippen LogP contribution is 2.15. The molecule has 3 heteroatoms. The summed E-state index contributed by atoms with van der Waals surface area (Å²) in [6.07, 6.45) is 0. The monoisotopic (exact) mass is 261 g/mol. The first-order chi connectivity index (χ1) is 9.04. The third-order valence-corrected chi connectivity index (χ3v) is 3.08. The van der Waals surface area contributed by atoms with Crippen LogP contribution < -0.4 is 5.32 Å². The van der Waals surface area contributed by atoms with Crippen molar-refractivity contribution in [3.63, 3.8) is 0 Å². The third kappa shape index (κ3) is 3.86. The predicted octanol–water partition coefficient (Wildman–Crippen LogP) is 4.12. The minimum absolute atomic E-state index is 0.131. The van der Waals surface area contributed by atoms with Gasteiger partial charge in [0, 0.05) is 18.7 Å². The molecule has 0 spiro atoms. The molecule has 0 saturated carbocycles. The molecule has 2 rings (SSSR count). The topological polar surface area (TPSA) is 12.0 Å². The average molecular weight is 261 g/mol. The van der Waals surface area contributed by atoms with Crippen LogP contribution in [0.3, 0.4) is 0 Å². The minimum Gasteiger partial charge on any atom is -0.306 e. The molecule has 0 aliphatic heterocycles. The molecular formula is C16H17F2N. The molecule has 100 valence electrons. The van der Waals surface area contributed by atoms with Gasteiger partial charge < -0.3 is 5.32 Å². The van der Waals surface area contributed by atoms with Crippen LogP contribution in [0.5, 0.6) is 0 Å². The molecule has 0 fully saturated rings. The number of benzene rings is 2. The van der Waals surface area contributed by atoms with Gasteiger partial charge in [0.15, 0.2) is 0 Å². The van der Waals surface area contributed by atoms with E-state index in [2.05, 4.69) is 11.4 Å². The average Bonchev–Trinajstić information content (AvgIpc) is 2.35. The molecule has 0 unspecified atom stereocenters. The van der Waals surface area contributed by atoms with Gasteiger partial charge in [-0.2, -0.15) is 0 Å². The maximum Gasteiger partial charge on any atom is 0.126 e. The van der Waals surface area contributed by atoms with E-state index >= 15 is 0 Å². The van der Waals surface area contributed by atoms with Crippen molar-refractivity contribution >= 4 is 0 Å². The molecule has 0 bridgehead atoms. The number of rotatable bonds is 4. The smallest absolute Gasteiger partial charge is 0.126 e. The van der Waals surface area contributed by atoms with Crippen molar-refractivity contribution in [1.82, 2.24) is 5.32 Å². The van der Waals surface area contributed by atoms with E-state index in [0.29, 0.717) is 12.1 Å². The first-order valence-corrected chi connectivity index (χ1v) is 6.29. The van der Waals surface area contributed by atoms with Gasteiger partial charge in [0.25, 0.3) is 0 Å². The van der Waals surface area contributed by atoms with Gasteiger partial charge in [0.2, 0.25) is 0 Å². The molecule has 0 amide bonds. The molecule has 0 aromatic heterocycles. The van der Waals surface area contributed by atoms with Crippen LogP contribution in [0.1, 0.15) is 29.7 Å². The van der Waals surface area contributed by atoms with Crippen LogP contribution in [0.15, 0.2) is 42.5 Å². The van der Waals surface area contributed by atoms with Crippen molar-refractivity contribution in [2.75, 3.05) is 0 Å². The highest BCUT2D eigenvalue weighted by Gasteiger charge is 2.06. The van der Waals surface area contributed by atoms with E-state index < -0.39 is 11.6 Å². The van der Waals surface area contributed by atoms with Gasteiger partial charge in [-0.25, -0.2) is 8.78 Å². The Morgan fingerprint density at radius 1 is 1.05 bits per heavy atom. The maximum atomic E-state index is 13.1. The minimum atomic E-state index is -0.542. The van der Waals surface area contributed by atoms with E-state index in [0.717, 1.165) is 11.6 Å². The zero-order valence-electron chi connectivity index (χ0n) is 11.1. The lowest BCUT2D eigenvalue weighted by molar-refractivity contribution is 0.554. The standard InChI is InChI=1S/C16H17F2N/c1-11-4-3-5-14(6-11)12(2)19-10-13-7-15(17)9-16(18)8-13/h3-9,12,19H,10H2,1-2H3/t12-/m0/s1. The fourth-order valence-corrected chi connectivity index (χ4v) is 2.04. The Labute approximate surface area is 112 Å². The Morgan fingerprint density at radius 3 is 2.37 bits per heavy atom. The number of nitrogens with one attached hydrogen (secondary N) is 1. The molecule has 1 N–H and O–H groups in total. The van der Waals surface area contributed by atoms with Crippen molar-refractivity contribution in [2.24, 2.45) is 0 Å². The molecule has 0 heterocycles. The Morgan fingerprint density at radius 2 is 1.74 bits per heavy atom. The van der Waals surface area contributed by atoms with Gasteiger partial charge in [-0.15, -0.1) is 0 Å². The van der Waals surface area contributed by atoms with Gasteiger partial charge in [-0.3, -0.25) is 0 Å². The van der Waals surface area contributed by atoms with E-state index in [1.54, 1.807) is 0 Å². The van der Waals surface area contributed by atoms with Gasteiger partial charge in [0.1, 0.15) is 11.6 Å². The SMILES string of the molecule is Cc1cccc([C@H](C)NCc2cc(F)cc(F)c2)c1. The van der Waals surface area contributed by atoms with E-state index in [9.17, 15) is 8.78 Å². The summed E-state index contributed by atoms with van der Waals surface area (Å²) >= 11 is 0. The van der Waals surface area contributed by atoms with E-state index in [4.69, 9.17) is 0 Å². The Bertz CT molecular complexity index is 546. The van der Waals surface area contributed by atoms with Crippen molar-refractivity contribution in [3.8, 4) is 0 Å². The van der Waals surface area contributed by atoms with E-state index in [-0.39, 0.29) is 6.04 Å². The fourth-order valence-electron chi connectivity index (χ4n) is 2.04. The molecular weight excluding hydrogens is 244 g/mol. The Hall–Kier alpha value is -1.74. The second kappa shape index (κ2) is 5.93. The summed E-state index contributed by atoms with van der Waals surface area (Å²) in [5.74, 6) is -1.08. The fraction of sp³-hybridized carbons (Fsp3) is 0.250. The van der Waals surface area contributed by atoms with Crippen LogP contribution in [0.2, 0.25) is 0 Å². The molecule has 1 atom stereocenters. The van der Waals surface area contributed by atoms with E-state index in [1.807, 2.05) is 32.0 Å². The Balaban J connectivity index is 2.02. The number of aryl methyl sites for hydroxylation is 1. The lowest BCUT2D eigenvalue weighted by Gasteiger charge is -2.15. The quantitative estimate of drug-likeness (QED) is 0.872. The van der Waals surface area contributed by atoms with Crippen LogP contribution in [0.4, 0.5) is 8.78 Å². The molecule has 0 aliphatic rings. The molecule has 0 saturated heterocycles. The third-order valence-electron chi connectivity index (χ3n) is 3.08. The summed E-state index contributed by atoms with van der Waals surface area (Å²) in [6, 6.07) is 11.9. The second-order valence-corrected chi connectivity index (χ2v) is 4.79. The van der Waals surface area contributed by atoms with Crippen molar-refractivity contribution in [3.05, 3.63) is 70.8 Å². The Kier molecular flexibility index (Phi) is 4.27. The summed E-state index contributed by atoms with van der Waals surface area (Å²) in [6.45, 7) is 4.51. The van der Waals surface area contributed by atoms with Crippen molar-refractivity contribution in [2.45, 2.75) is 26.4 Å². The summed E-state index contributed by atoms with van der Waals surface area (Å²) < 4.78 is 26.1. The van der Waals surface area contributed by atoms with Gasteiger partial charge in [0.05, 0.1) is 0 Å². The molecule has 1 nitrogen and oxygen atoms in total. The van der Waals surface area contributed by atoms with Gasteiger partial charge in [-0.05, 0) is 37.1 Å². The molecule has 2 aromatic carbocycles. The summed E-state index contributed by atoms with van der Waals surface area (Å²) in [4.78, 5) is 0. The normalized spacial score (nSPS) is 12.4. The maximum absolute atomic E-state index is 13.1. The van der Waals surface area contributed by atoms with Crippen LogP contribution >= 0.6 is 0 Å². The van der Waals surface area contributed by atoms with Crippen LogP contribution in [0, 0.1) is 18.6 Å². The van der Waals surface area contributed by atoms with Crippen molar-refractivity contribution in [1.29, 1.82) is 0 Å². The number of hydrogen-bond acceptors (Lipinski definition) is 1. The first-order valence-electron chi connectivity index (χ1n) is 6.29. The first kappa shape index (κ1) is 13.7. The van der Waals surface area contributed by atoms with Crippen molar-refractivity contribution < 1.29 is 8.78 Å². The second-order valence-electron chi connectivity index (χ2n) is 4.79. The lowest BCUT2D eigenvalue weighted by atomic mass is 10.1. The molecule has 19 heavy (non-hydrogen) atoms. The highest BCUT2D eigenvalue weighted by atomic mass is 19.1. The highest BCUT2D eigenvalue weighted by molar-refractivity contribution is 5.25. The summed E-state index contributed by atoms with van der Waals surface area (Å²) in [7, 11) is 0. The number of halogens is 2. The molecule has 0 aliphatic carbocycles. The van der Waals surface area contributed by atoms with Gasteiger partial charge in [-0.1, -0.05) is 29.8 Å². The van der Waals surface area contributed by atoms with Gasteiger partial charge >= 0.3 is 0 Å². The largest absolute Gasteiger partial charge is 0.306 e. The summed E-state index contributed by atoms with van der Waals surface area (Å²) in [5.41, 5.74) is 2.97. The van der Waals surface area contributed by atoms with E-state index in [1.165, 1.54) is 17.7 Å². The number of hydrogen-bond donors (Lipinski definition) is 1. The predicted molar refractivity (Wildman–Crippen MR) is 72.8 cm³/mol. The van der Waals surface area contributed by atoms with Crippen LogP contribution in [0.25, 0.3) is 0 Å². The lowest BCUT2D eigenvalue weighted by Crippen LogP contribution is -2.18. The van der Waals surface area contributed by atoms with Crippen LogP contribution in [-0.2, 0) is 6.54 Å². The summed E-state index contributed by atoms with van der Waals surface area (Å²) in [5, 5.41) is 3.26. The molecule has 2 aromatic rings.